The number of nitrogens with one attached hydrogen (secondary N) is 1. The first kappa shape index (κ1) is 12.5. The lowest BCUT2D eigenvalue weighted by atomic mass is 10.0. The summed E-state index contributed by atoms with van der Waals surface area (Å²) in [7, 11) is 1.88. The molecule has 1 aromatic heterocycles. The van der Waals surface area contributed by atoms with Crippen LogP contribution in [0.1, 0.15) is 37.8 Å². The first-order chi connectivity index (χ1) is 8.28. The van der Waals surface area contributed by atoms with Crippen molar-refractivity contribution in [1.82, 2.24) is 20.3 Å². The summed E-state index contributed by atoms with van der Waals surface area (Å²) >= 11 is 0. The first-order valence-corrected chi connectivity index (χ1v) is 6.49. The van der Waals surface area contributed by atoms with E-state index < -0.39 is 0 Å². The molecule has 0 aromatic carbocycles. The highest BCUT2D eigenvalue weighted by atomic mass is 16.3. The fourth-order valence-electron chi connectivity index (χ4n) is 2.61. The average Bonchev–Trinajstić information content (AvgIpc) is 2.91. The minimum atomic E-state index is -0.290. The first-order valence-electron chi connectivity index (χ1n) is 6.49. The van der Waals surface area contributed by atoms with E-state index in [9.17, 15) is 5.11 Å². The van der Waals surface area contributed by atoms with Crippen LogP contribution in [0.25, 0.3) is 0 Å². The maximum atomic E-state index is 10.00. The van der Waals surface area contributed by atoms with Crippen LogP contribution in [-0.2, 0) is 13.1 Å². The monoisotopic (exact) mass is 238 g/mol. The van der Waals surface area contributed by atoms with Crippen molar-refractivity contribution in [3.63, 3.8) is 0 Å². The Kier molecular flexibility index (Phi) is 4.50. The van der Waals surface area contributed by atoms with Gasteiger partial charge in [0.2, 0.25) is 0 Å². The predicted octanol–water partition coefficient (Wildman–Crippen LogP) is 0.939. The second-order valence-corrected chi connectivity index (χ2v) is 5.00. The fraction of sp³-hybridized carbons (Fsp3) is 0.833. The maximum absolute atomic E-state index is 10.00. The summed E-state index contributed by atoms with van der Waals surface area (Å²) in [6.45, 7) is 1.28. The van der Waals surface area contributed by atoms with Crippen LogP contribution in [0.15, 0.2) is 6.20 Å². The Balaban J connectivity index is 1.78. The van der Waals surface area contributed by atoms with Gasteiger partial charge in [0.15, 0.2) is 0 Å². The Bertz CT molecular complexity index is 333. The SMILES string of the molecule is CNCc1cn(CC(O)CC2CCCC2)nn1. The van der Waals surface area contributed by atoms with Crippen molar-refractivity contribution in [1.29, 1.82) is 0 Å². The summed E-state index contributed by atoms with van der Waals surface area (Å²) in [5.74, 6) is 0.713. The van der Waals surface area contributed by atoms with Gasteiger partial charge in [0.05, 0.1) is 18.3 Å². The molecule has 1 heterocycles. The molecule has 0 radical (unpaired) electrons. The molecular weight excluding hydrogens is 216 g/mol. The molecule has 0 saturated heterocycles. The van der Waals surface area contributed by atoms with Crippen LogP contribution in [0.3, 0.4) is 0 Å². The molecule has 0 bridgehead atoms. The largest absolute Gasteiger partial charge is 0.391 e. The van der Waals surface area contributed by atoms with Crippen molar-refractivity contribution in [3.8, 4) is 0 Å². The van der Waals surface area contributed by atoms with Crippen LogP contribution >= 0.6 is 0 Å². The molecule has 1 aromatic rings. The van der Waals surface area contributed by atoms with Gasteiger partial charge in [-0.2, -0.15) is 0 Å². The van der Waals surface area contributed by atoms with Gasteiger partial charge in [0.1, 0.15) is 0 Å². The molecule has 0 spiro atoms. The molecule has 1 unspecified atom stereocenters. The molecule has 1 aliphatic carbocycles. The van der Waals surface area contributed by atoms with Gasteiger partial charge in [-0.3, -0.25) is 0 Å². The summed E-state index contributed by atoms with van der Waals surface area (Å²) < 4.78 is 1.74. The van der Waals surface area contributed by atoms with E-state index in [0.717, 1.165) is 18.7 Å². The highest BCUT2D eigenvalue weighted by molar-refractivity contribution is 4.91. The third-order valence-electron chi connectivity index (χ3n) is 3.42. The van der Waals surface area contributed by atoms with E-state index in [1.807, 2.05) is 13.2 Å². The predicted molar refractivity (Wildman–Crippen MR) is 65.4 cm³/mol. The highest BCUT2D eigenvalue weighted by Gasteiger charge is 2.19. The number of hydrogen-bond donors (Lipinski definition) is 2. The molecule has 5 nitrogen and oxygen atoms in total. The molecule has 0 aliphatic heterocycles. The average molecular weight is 238 g/mol. The molecule has 2 N–H and O–H groups in total. The van der Waals surface area contributed by atoms with Crippen molar-refractivity contribution < 1.29 is 5.11 Å². The molecule has 1 fully saturated rings. The van der Waals surface area contributed by atoms with Gasteiger partial charge in [0.25, 0.3) is 0 Å². The Hall–Kier alpha value is -0.940. The van der Waals surface area contributed by atoms with Crippen LogP contribution in [0.2, 0.25) is 0 Å². The van der Waals surface area contributed by atoms with E-state index in [2.05, 4.69) is 15.6 Å². The Morgan fingerprint density at radius 1 is 1.53 bits per heavy atom. The fourth-order valence-corrected chi connectivity index (χ4v) is 2.61. The standard InChI is InChI=1S/C12H22N4O/c1-13-7-11-8-16(15-14-11)9-12(17)6-10-4-2-3-5-10/h8,10,12-13,17H,2-7,9H2,1H3. The number of nitrogens with zero attached hydrogens (tertiary/aromatic N) is 3. The van der Waals surface area contributed by atoms with Crippen LogP contribution < -0.4 is 5.32 Å². The summed E-state index contributed by atoms with van der Waals surface area (Å²) in [4.78, 5) is 0. The lowest BCUT2D eigenvalue weighted by molar-refractivity contribution is 0.120. The van der Waals surface area contributed by atoms with Crippen molar-refractivity contribution in [3.05, 3.63) is 11.9 Å². The normalized spacial score (nSPS) is 18.7. The zero-order valence-electron chi connectivity index (χ0n) is 10.5. The lowest BCUT2D eigenvalue weighted by Gasteiger charge is -2.14. The third-order valence-corrected chi connectivity index (χ3v) is 3.42. The van der Waals surface area contributed by atoms with Crippen molar-refractivity contribution >= 4 is 0 Å². The zero-order chi connectivity index (χ0) is 12.1. The van der Waals surface area contributed by atoms with Crippen molar-refractivity contribution in [2.75, 3.05) is 7.05 Å². The van der Waals surface area contributed by atoms with Gasteiger partial charge >= 0.3 is 0 Å². The Labute approximate surface area is 102 Å². The quantitative estimate of drug-likeness (QED) is 0.774. The minimum Gasteiger partial charge on any atom is -0.391 e. The van der Waals surface area contributed by atoms with Crippen LogP contribution in [0.5, 0.6) is 0 Å². The molecule has 2 rings (SSSR count). The second-order valence-electron chi connectivity index (χ2n) is 5.00. The summed E-state index contributed by atoms with van der Waals surface area (Å²) in [5, 5.41) is 21.1. The second kappa shape index (κ2) is 6.12. The van der Waals surface area contributed by atoms with E-state index in [1.165, 1.54) is 25.7 Å². The Morgan fingerprint density at radius 3 is 3.00 bits per heavy atom. The van der Waals surface area contributed by atoms with E-state index >= 15 is 0 Å². The van der Waals surface area contributed by atoms with Crippen molar-refractivity contribution in [2.24, 2.45) is 5.92 Å². The van der Waals surface area contributed by atoms with Gasteiger partial charge in [-0.05, 0) is 19.4 Å². The maximum Gasteiger partial charge on any atom is 0.0964 e. The van der Waals surface area contributed by atoms with Gasteiger partial charge in [-0.25, -0.2) is 4.68 Å². The molecule has 1 saturated carbocycles. The molecule has 1 aliphatic rings. The lowest BCUT2D eigenvalue weighted by Crippen LogP contribution is -2.19. The zero-order valence-corrected chi connectivity index (χ0v) is 10.5. The highest BCUT2D eigenvalue weighted by Crippen LogP contribution is 2.28. The van der Waals surface area contributed by atoms with Gasteiger partial charge in [0, 0.05) is 12.7 Å². The number of hydrogen-bond acceptors (Lipinski definition) is 4. The van der Waals surface area contributed by atoms with E-state index in [1.54, 1.807) is 4.68 Å². The molecular formula is C12H22N4O. The molecule has 5 heteroatoms. The number of aliphatic hydroxyl groups excluding tert-OH is 1. The van der Waals surface area contributed by atoms with Gasteiger partial charge in [-0.1, -0.05) is 30.9 Å². The molecule has 0 amide bonds. The topological polar surface area (TPSA) is 63.0 Å². The van der Waals surface area contributed by atoms with Gasteiger partial charge in [-0.15, -0.1) is 5.10 Å². The molecule has 96 valence electrons. The number of rotatable bonds is 6. The minimum absolute atomic E-state index is 0.290. The summed E-state index contributed by atoms with van der Waals surface area (Å²) in [6, 6.07) is 0. The van der Waals surface area contributed by atoms with E-state index in [0.29, 0.717) is 12.5 Å². The van der Waals surface area contributed by atoms with Gasteiger partial charge < -0.3 is 10.4 Å². The molecule has 17 heavy (non-hydrogen) atoms. The smallest absolute Gasteiger partial charge is 0.0964 e. The molecule has 1 atom stereocenters. The Morgan fingerprint density at radius 2 is 2.29 bits per heavy atom. The van der Waals surface area contributed by atoms with Crippen LogP contribution in [0, 0.1) is 5.92 Å². The summed E-state index contributed by atoms with van der Waals surface area (Å²) in [5.41, 5.74) is 0.917. The van der Waals surface area contributed by atoms with E-state index in [-0.39, 0.29) is 6.10 Å². The van der Waals surface area contributed by atoms with Crippen molar-refractivity contribution in [2.45, 2.75) is 51.3 Å². The number of aliphatic hydroxyl groups is 1. The van der Waals surface area contributed by atoms with Crippen LogP contribution in [-0.4, -0.2) is 33.3 Å². The van der Waals surface area contributed by atoms with E-state index in [4.69, 9.17) is 0 Å². The van der Waals surface area contributed by atoms with Crippen LogP contribution in [0.4, 0.5) is 0 Å². The summed E-state index contributed by atoms with van der Waals surface area (Å²) in [6.07, 6.45) is 7.72. The third kappa shape index (κ3) is 3.78. The number of aromatic nitrogens is 3.